The van der Waals surface area contributed by atoms with Gasteiger partial charge in [0.05, 0.1) is 0 Å². The Balaban J connectivity index is 2.27. The number of carboxylic acid groups (broad SMARTS) is 1. The molecule has 0 bridgehead atoms. The van der Waals surface area contributed by atoms with Crippen LogP contribution in [-0.2, 0) is 4.79 Å². The minimum Gasteiger partial charge on any atom is -0.480 e. The molecule has 1 aromatic rings. The summed E-state index contributed by atoms with van der Waals surface area (Å²) >= 11 is 0. The molecule has 2 N–H and O–H groups in total. The number of carboxylic acids is 1. The van der Waals surface area contributed by atoms with Crippen LogP contribution in [0.3, 0.4) is 0 Å². The molecule has 1 aromatic heterocycles. The van der Waals surface area contributed by atoms with Gasteiger partial charge in [-0.1, -0.05) is 0 Å². The third kappa shape index (κ3) is 1.56. The van der Waals surface area contributed by atoms with Gasteiger partial charge in [0.2, 0.25) is 0 Å². The van der Waals surface area contributed by atoms with Crippen LogP contribution >= 0.6 is 0 Å². The quantitative estimate of drug-likeness (QED) is 0.777. The van der Waals surface area contributed by atoms with Crippen LogP contribution in [0.1, 0.15) is 25.0 Å². The van der Waals surface area contributed by atoms with Crippen molar-refractivity contribution < 1.29 is 9.90 Å². The molecule has 1 fully saturated rings. The highest BCUT2D eigenvalue weighted by molar-refractivity contribution is 5.84. The van der Waals surface area contributed by atoms with Crippen molar-refractivity contribution in [2.75, 3.05) is 5.32 Å². The first kappa shape index (κ1) is 10.4. The fourth-order valence-electron chi connectivity index (χ4n) is 1.66. The van der Waals surface area contributed by atoms with Crippen LogP contribution in [0, 0.1) is 11.3 Å². The van der Waals surface area contributed by atoms with Gasteiger partial charge >= 0.3 is 5.97 Å². The lowest BCUT2D eigenvalue weighted by molar-refractivity contribution is -0.145. The van der Waals surface area contributed by atoms with Crippen molar-refractivity contribution in [3.8, 4) is 6.07 Å². The molecule has 1 heterocycles. The van der Waals surface area contributed by atoms with E-state index < -0.39 is 11.5 Å². The highest BCUT2D eigenvalue weighted by Crippen LogP contribution is 2.35. The van der Waals surface area contributed by atoms with Gasteiger partial charge in [-0.2, -0.15) is 5.26 Å². The Hall–Kier alpha value is -2.16. The fraction of sp³-hybridized carbons (Fsp3) is 0.400. The zero-order valence-electron chi connectivity index (χ0n) is 8.47. The number of hydrogen-bond acceptors (Lipinski definition) is 5. The third-order valence-corrected chi connectivity index (χ3v) is 2.78. The summed E-state index contributed by atoms with van der Waals surface area (Å²) in [6, 6.07) is 1.88. The number of nitriles is 1. The normalized spacial score (nSPS) is 16.9. The standard InChI is InChI=1S/C10H10N4O2/c11-6-7-8(13-5-4-12-7)14-10(9(15)16)2-1-3-10/h4-5H,1-3H2,(H,13,14)(H,15,16). The van der Waals surface area contributed by atoms with E-state index in [1.165, 1.54) is 12.4 Å². The van der Waals surface area contributed by atoms with Crippen molar-refractivity contribution in [1.82, 2.24) is 9.97 Å². The first-order valence-corrected chi connectivity index (χ1v) is 4.91. The largest absolute Gasteiger partial charge is 0.480 e. The summed E-state index contributed by atoms with van der Waals surface area (Å²) in [7, 11) is 0. The van der Waals surface area contributed by atoms with Gasteiger partial charge in [0.1, 0.15) is 11.6 Å². The number of hydrogen-bond donors (Lipinski definition) is 2. The minimum atomic E-state index is -0.971. The van der Waals surface area contributed by atoms with Gasteiger partial charge in [0, 0.05) is 12.4 Å². The second-order valence-corrected chi connectivity index (χ2v) is 3.73. The van der Waals surface area contributed by atoms with Crippen LogP contribution in [0.2, 0.25) is 0 Å². The second-order valence-electron chi connectivity index (χ2n) is 3.73. The van der Waals surface area contributed by atoms with Crippen LogP contribution in [0.4, 0.5) is 5.82 Å². The van der Waals surface area contributed by atoms with Gasteiger partial charge in [0.25, 0.3) is 0 Å². The molecule has 6 heteroatoms. The molecular formula is C10H10N4O2. The smallest absolute Gasteiger partial charge is 0.329 e. The number of aromatic nitrogens is 2. The van der Waals surface area contributed by atoms with Crippen molar-refractivity contribution >= 4 is 11.8 Å². The summed E-state index contributed by atoms with van der Waals surface area (Å²) in [5, 5.41) is 20.7. The third-order valence-electron chi connectivity index (χ3n) is 2.78. The highest BCUT2D eigenvalue weighted by atomic mass is 16.4. The molecule has 0 aliphatic heterocycles. The Morgan fingerprint density at radius 2 is 2.19 bits per heavy atom. The van der Waals surface area contributed by atoms with Gasteiger partial charge in [-0.3, -0.25) is 0 Å². The monoisotopic (exact) mass is 218 g/mol. The molecular weight excluding hydrogens is 208 g/mol. The van der Waals surface area contributed by atoms with Gasteiger partial charge in [0.15, 0.2) is 11.5 Å². The molecule has 1 saturated carbocycles. The average molecular weight is 218 g/mol. The number of nitrogens with one attached hydrogen (secondary N) is 1. The van der Waals surface area contributed by atoms with Crippen LogP contribution in [0.5, 0.6) is 0 Å². The Kier molecular flexibility index (Phi) is 2.44. The predicted octanol–water partition coefficient (Wildman–Crippen LogP) is 0.767. The fourth-order valence-corrected chi connectivity index (χ4v) is 1.66. The van der Waals surface area contributed by atoms with E-state index in [2.05, 4.69) is 15.3 Å². The lowest BCUT2D eigenvalue weighted by Gasteiger charge is -2.38. The van der Waals surface area contributed by atoms with Gasteiger partial charge < -0.3 is 10.4 Å². The van der Waals surface area contributed by atoms with E-state index in [0.29, 0.717) is 12.8 Å². The first-order valence-electron chi connectivity index (χ1n) is 4.91. The number of carbonyl (C=O) groups is 1. The zero-order valence-corrected chi connectivity index (χ0v) is 8.47. The van der Waals surface area contributed by atoms with E-state index >= 15 is 0 Å². The summed E-state index contributed by atoms with van der Waals surface area (Å²) in [5.41, 5.74) is -0.850. The molecule has 0 radical (unpaired) electrons. The number of aliphatic carboxylic acids is 1. The summed E-state index contributed by atoms with van der Waals surface area (Å²) in [5.74, 6) is -0.666. The van der Waals surface area contributed by atoms with Crippen molar-refractivity contribution in [2.45, 2.75) is 24.8 Å². The van der Waals surface area contributed by atoms with Crippen molar-refractivity contribution in [3.05, 3.63) is 18.1 Å². The molecule has 0 atom stereocenters. The summed E-state index contributed by atoms with van der Waals surface area (Å²) < 4.78 is 0. The lowest BCUT2D eigenvalue weighted by Crippen LogP contribution is -2.52. The summed E-state index contributed by atoms with van der Waals surface area (Å²) in [6.07, 6.45) is 4.78. The van der Waals surface area contributed by atoms with E-state index in [1.54, 1.807) is 0 Å². The zero-order chi connectivity index (χ0) is 11.6. The Labute approximate surface area is 92.0 Å². The maximum absolute atomic E-state index is 11.1. The first-order chi connectivity index (χ1) is 7.68. The van der Waals surface area contributed by atoms with Crippen molar-refractivity contribution in [2.24, 2.45) is 0 Å². The Morgan fingerprint density at radius 1 is 1.50 bits per heavy atom. The van der Waals surface area contributed by atoms with Gasteiger partial charge in [-0.25, -0.2) is 14.8 Å². The van der Waals surface area contributed by atoms with Crippen molar-refractivity contribution in [1.29, 1.82) is 5.26 Å². The molecule has 0 amide bonds. The minimum absolute atomic E-state index is 0.120. The van der Waals surface area contributed by atoms with Crippen LogP contribution in [-0.4, -0.2) is 26.6 Å². The number of nitrogens with zero attached hydrogens (tertiary/aromatic N) is 3. The van der Waals surface area contributed by atoms with E-state index in [1.807, 2.05) is 6.07 Å². The number of rotatable bonds is 3. The van der Waals surface area contributed by atoms with Crippen LogP contribution in [0.15, 0.2) is 12.4 Å². The Morgan fingerprint density at radius 3 is 2.69 bits per heavy atom. The maximum Gasteiger partial charge on any atom is 0.329 e. The molecule has 0 saturated heterocycles. The topological polar surface area (TPSA) is 98.9 Å². The van der Waals surface area contributed by atoms with E-state index in [-0.39, 0.29) is 11.5 Å². The molecule has 0 aromatic carbocycles. The number of anilines is 1. The molecule has 2 rings (SSSR count). The highest BCUT2D eigenvalue weighted by Gasteiger charge is 2.45. The van der Waals surface area contributed by atoms with E-state index in [4.69, 9.17) is 10.4 Å². The van der Waals surface area contributed by atoms with Gasteiger partial charge in [-0.15, -0.1) is 0 Å². The second kappa shape index (κ2) is 3.77. The van der Waals surface area contributed by atoms with Gasteiger partial charge in [-0.05, 0) is 19.3 Å². The summed E-state index contributed by atoms with van der Waals surface area (Å²) in [6.45, 7) is 0. The molecule has 0 unspecified atom stereocenters. The molecule has 16 heavy (non-hydrogen) atoms. The molecule has 0 spiro atoms. The average Bonchev–Trinajstić information content (AvgIpc) is 2.23. The molecule has 82 valence electrons. The van der Waals surface area contributed by atoms with E-state index in [0.717, 1.165) is 6.42 Å². The van der Waals surface area contributed by atoms with Crippen LogP contribution in [0.25, 0.3) is 0 Å². The summed E-state index contributed by atoms with van der Waals surface area (Å²) in [4.78, 5) is 18.9. The molecule has 6 nitrogen and oxygen atoms in total. The predicted molar refractivity (Wildman–Crippen MR) is 54.6 cm³/mol. The van der Waals surface area contributed by atoms with E-state index in [9.17, 15) is 4.79 Å². The molecule has 1 aliphatic carbocycles. The SMILES string of the molecule is N#Cc1nccnc1NC1(C(=O)O)CCC1. The lowest BCUT2D eigenvalue weighted by atomic mass is 9.77. The van der Waals surface area contributed by atoms with Crippen LogP contribution < -0.4 is 5.32 Å². The Bertz CT molecular complexity index is 462. The maximum atomic E-state index is 11.1. The van der Waals surface area contributed by atoms with Crippen molar-refractivity contribution in [3.63, 3.8) is 0 Å². The molecule has 1 aliphatic rings.